The fraction of sp³-hybridized carbons (Fsp3) is 0.409. The number of rotatable bonds is 6. The van der Waals surface area contributed by atoms with Crippen LogP contribution in [-0.2, 0) is 17.8 Å². The van der Waals surface area contributed by atoms with E-state index >= 15 is 0 Å². The average Bonchev–Trinajstić information content (AvgIpc) is 2.70. The van der Waals surface area contributed by atoms with Crippen molar-refractivity contribution in [3.63, 3.8) is 0 Å². The van der Waals surface area contributed by atoms with Gasteiger partial charge in [0.25, 0.3) is 0 Å². The zero-order valence-electron chi connectivity index (χ0n) is 15.7. The van der Waals surface area contributed by atoms with Crippen LogP contribution in [0.15, 0.2) is 54.6 Å². The van der Waals surface area contributed by atoms with E-state index in [4.69, 9.17) is 5.73 Å². The van der Waals surface area contributed by atoms with Crippen LogP contribution in [0.3, 0.4) is 0 Å². The summed E-state index contributed by atoms with van der Waals surface area (Å²) in [5, 5.41) is 3.09. The van der Waals surface area contributed by atoms with Gasteiger partial charge in [0.15, 0.2) is 0 Å². The first kappa shape index (κ1) is 18.6. The molecule has 1 aliphatic heterocycles. The van der Waals surface area contributed by atoms with Gasteiger partial charge in [-0.15, -0.1) is 0 Å². The van der Waals surface area contributed by atoms with Crippen molar-refractivity contribution in [3.8, 4) is 0 Å². The molecule has 3 atom stereocenters. The second kappa shape index (κ2) is 8.47. The minimum absolute atomic E-state index is 0.0191. The van der Waals surface area contributed by atoms with E-state index in [1.165, 1.54) is 11.1 Å². The molecule has 0 fully saturated rings. The summed E-state index contributed by atoms with van der Waals surface area (Å²) >= 11 is 0. The monoisotopic (exact) mass is 351 g/mol. The largest absolute Gasteiger partial charge is 0.354 e. The Balaban J connectivity index is 1.51. The van der Waals surface area contributed by atoms with Crippen molar-refractivity contribution in [2.24, 2.45) is 11.7 Å². The Bertz CT molecular complexity index is 731. The molecule has 1 heterocycles. The Morgan fingerprint density at radius 1 is 1.08 bits per heavy atom. The van der Waals surface area contributed by atoms with Crippen LogP contribution >= 0.6 is 0 Å². The van der Waals surface area contributed by atoms with Gasteiger partial charge in [0.1, 0.15) is 0 Å². The highest BCUT2D eigenvalue weighted by atomic mass is 16.1. The molecular formula is C22H29N3O. The van der Waals surface area contributed by atoms with Gasteiger partial charge in [-0.05, 0) is 30.0 Å². The summed E-state index contributed by atoms with van der Waals surface area (Å²) in [6.07, 6.45) is 1.07. The molecule has 0 aliphatic carbocycles. The Kier molecular flexibility index (Phi) is 6.07. The lowest BCUT2D eigenvalue weighted by Crippen LogP contribution is -2.46. The Morgan fingerprint density at radius 3 is 2.46 bits per heavy atom. The lowest BCUT2D eigenvalue weighted by atomic mass is 9.94. The van der Waals surface area contributed by atoms with Crippen LogP contribution in [0.25, 0.3) is 0 Å². The molecule has 0 saturated carbocycles. The Morgan fingerprint density at radius 2 is 1.73 bits per heavy atom. The fourth-order valence-corrected chi connectivity index (χ4v) is 3.56. The first-order chi connectivity index (χ1) is 12.6. The average molecular weight is 351 g/mol. The van der Waals surface area contributed by atoms with Gasteiger partial charge in [-0.1, -0.05) is 61.5 Å². The number of hydrogen-bond acceptors (Lipinski definition) is 3. The molecule has 0 aromatic heterocycles. The van der Waals surface area contributed by atoms with Gasteiger partial charge in [0.05, 0.1) is 5.92 Å². The van der Waals surface area contributed by atoms with Crippen LogP contribution in [0.1, 0.15) is 36.6 Å². The molecule has 0 saturated heterocycles. The third kappa shape index (κ3) is 4.32. The number of carbonyl (C=O) groups excluding carboxylic acids is 1. The van der Waals surface area contributed by atoms with Crippen LogP contribution in [-0.4, -0.2) is 29.9 Å². The summed E-state index contributed by atoms with van der Waals surface area (Å²) in [6, 6.07) is 18.5. The maximum atomic E-state index is 12.5. The molecule has 4 nitrogen and oxygen atoms in total. The third-order valence-corrected chi connectivity index (χ3v) is 5.49. The van der Waals surface area contributed by atoms with Crippen LogP contribution in [0.2, 0.25) is 0 Å². The molecule has 138 valence electrons. The summed E-state index contributed by atoms with van der Waals surface area (Å²) in [6.45, 7) is 6.71. The second-order valence-corrected chi connectivity index (χ2v) is 7.31. The van der Waals surface area contributed by atoms with E-state index in [-0.39, 0.29) is 17.9 Å². The number of carbonyl (C=O) groups is 1. The van der Waals surface area contributed by atoms with Crippen LogP contribution in [0, 0.1) is 5.92 Å². The number of nitrogens with two attached hydrogens (primary N) is 1. The molecule has 0 radical (unpaired) electrons. The first-order valence-corrected chi connectivity index (χ1v) is 9.45. The van der Waals surface area contributed by atoms with E-state index in [2.05, 4.69) is 41.4 Å². The third-order valence-electron chi connectivity index (χ3n) is 5.49. The molecule has 3 unspecified atom stereocenters. The summed E-state index contributed by atoms with van der Waals surface area (Å²) < 4.78 is 0. The van der Waals surface area contributed by atoms with Crippen molar-refractivity contribution in [3.05, 3.63) is 71.3 Å². The highest BCUT2D eigenvalue weighted by Crippen LogP contribution is 2.21. The van der Waals surface area contributed by atoms with Gasteiger partial charge in [-0.3, -0.25) is 9.69 Å². The summed E-state index contributed by atoms with van der Waals surface area (Å²) in [4.78, 5) is 15.0. The highest BCUT2D eigenvalue weighted by molar-refractivity contribution is 5.79. The van der Waals surface area contributed by atoms with Crippen molar-refractivity contribution in [1.29, 1.82) is 0 Å². The van der Waals surface area contributed by atoms with E-state index in [9.17, 15) is 4.79 Å². The van der Waals surface area contributed by atoms with Crippen molar-refractivity contribution < 1.29 is 4.79 Å². The number of nitrogens with one attached hydrogen (secondary N) is 1. The van der Waals surface area contributed by atoms with Gasteiger partial charge in [-0.25, -0.2) is 0 Å². The maximum Gasteiger partial charge on any atom is 0.224 e. The molecule has 0 bridgehead atoms. The Hall–Kier alpha value is -2.17. The van der Waals surface area contributed by atoms with E-state index in [0.29, 0.717) is 12.6 Å². The van der Waals surface area contributed by atoms with E-state index < -0.39 is 0 Å². The zero-order chi connectivity index (χ0) is 18.5. The summed E-state index contributed by atoms with van der Waals surface area (Å²) in [7, 11) is 0. The van der Waals surface area contributed by atoms with E-state index in [1.54, 1.807) is 0 Å². The highest BCUT2D eigenvalue weighted by Gasteiger charge is 2.24. The molecule has 2 aromatic rings. The molecule has 0 spiro atoms. The maximum absolute atomic E-state index is 12.5. The van der Waals surface area contributed by atoms with E-state index in [1.807, 2.05) is 37.3 Å². The topological polar surface area (TPSA) is 58.4 Å². The quantitative estimate of drug-likeness (QED) is 0.841. The predicted molar refractivity (Wildman–Crippen MR) is 106 cm³/mol. The number of nitrogens with zero attached hydrogens (tertiary/aromatic N) is 1. The standard InChI is InChI=1S/C22H29N3O/c1-16(25-13-12-18-8-6-7-11-20(18)15-25)14-24-22(26)17(2)21(23)19-9-4-3-5-10-19/h3-11,16-17,21H,12-15,23H2,1-2H3,(H,24,26). The SMILES string of the molecule is CC(C(=O)NCC(C)N1CCc2ccccc2C1)C(N)c1ccccc1. The van der Waals surface area contributed by atoms with Gasteiger partial charge >= 0.3 is 0 Å². The van der Waals surface area contributed by atoms with Gasteiger partial charge in [0.2, 0.25) is 5.91 Å². The molecule has 3 rings (SSSR count). The molecule has 26 heavy (non-hydrogen) atoms. The number of amides is 1. The molecule has 3 N–H and O–H groups in total. The normalized spacial score (nSPS) is 17.8. The first-order valence-electron chi connectivity index (χ1n) is 9.45. The Labute approximate surface area is 156 Å². The molecule has 4 heteroatoms. The molecule has 1 aliphatic rings. The fourth-order valence-electron chi connectivity index (χ4n) is 3.56. The summed E-state index contributed by atoms with van der Waals surface area (Å²) in [5.74, 6) is -0.239. The lowest BCUT2D eigenvalue weighted by molar-refractivity contribution is -0.125. The minimum atomic E-state index is -0.284. The van der Waals surface area contributed by atoms with Crippen molar-refractivity contribution in [2.75, 3.05) is 13.1 Å². The van der Waals surface area contributed by atoms with Gasteiger partial charge in [0, 0.05) is 31.7 Å². The molecular weight excluding hydrogens is 322 g/mol. The number of hydrogen-bond donors (Lipinski definition) is 2. The lowest BCUT2D eigenvalue weighted by Gasteiger charge is -2.34. The van der Waals surface area contributed by atoms with Gasteiger partial charge < -0.3 is 11.1 Å². The van der Waals surface area contributed by atoms with Crippen molar-refractivity contribution in [1.82, 2.24) is 10.2 Å². The summed E-state index contributed by atoms with van der Waals surface area (Å²) in [5.41, 5.74) is 10.1. The smallest absolute Gasteiger partial charge is 0.224 e. The molecule has 2 aromatic carbocycles. The van der Waals surface area contributed by atoms with Crippen LogP contribution in [0.5, 0.6) is 0 Å². The minimum Gasteiger partial charge on any atom is -0.354 e. The van der Waals surface area contributed by atoms with Crippen molar-refractivity contribution >= 4 is 5.91 Å². The van der Waals surface area contributed by atoms with Gasteiger partial charge in [-0.2, -0.15) is 0 Å². The zero-order valence-corrected chi connectivity index (χ0v) is 15.7. The van der Waals surface area contributed by atoms with Crippen LogP contribution < -0.4 is 11.1 Å². The number of benzene rings is 2. The number of fused-ring (bicyclic) bond motifs is 1. The van der Waals surface area contributed by atoms with Crippen molar-refractivity contribution in [2.45, 2.75) is 38.9 Å². The molecule has 1 amide bonds. The predicted octanol–water partition coefficient (Wildman–Crippen LogP) is 2.89. The van der Waals surface area contributed by atoms with E-state index in [0.717, 1.165) is 25.1 Å². The van der Waals surface area contributed by atoms with Crippen LogP contribution in [0.4, 0.5) is 0 Å². The second-order valence-electron chi connectivity index (χ2n) is 7.31.